The van der Waals surface area contributed by atoms with Gasteiger partial charge in [-0.3, -0.25) is 15.3 Å². The summed E-state index contributed by atoms with van der Waals surface area (Å²) in [7, 11) is 0. The molecule has 8 nitrogen and oxygen atoms in total. The number of rotatable bonds is 8. The van der Waals surface area contributed by atoms with Crippen LogP contribution in [0.5, 0.6) is 17.2 Å². The molecule has 0 unspecified atom stereocenters. The molecule has 0 bridgehead atoms. The fourth-order valence-electron chi connectivity index (χ4n) is 2.98. The summed E-state index contributed by atoms with van der Waals surface area (Å²) in [4.78, 5) is 25.0. The zero-order chi connectivity index (χ0) is 22.9. The molecule has 2 aromatic heterocycles. The van der Waals surface area contributed by atoms with Gasteiger partial charge in [-0.15, -0.1) is 0 Å². The third-order valence-corrected chi connectivity index (χ3v) is 4.46. The first-order valence-electron chi connectivity index (χ1n) is 10.4. The predicted molar refractivity (Wildman–Crippen MR) is 123 cm³/mol. The summed E-state index contributed by atoms with van der Waals surface area (Å²) < 4.78 is 16.8. The van der Waals surface area contributed by atoms with Crippen LogP contribution < -0.4 is 14.8 Å². The number of aromatic nitrogens is 3. The Balaban J connectivity index is 1.44. The maximum absolute atomic E-state index is 12.1. The van der Waals surface area contributed by atoms with Crippen molar-refractivity contribution in [1.82, 2.24) is 15.0 Å². The Kier molecular flexibility index (Phi) is 7.07. The van der Waals surface area contributed by atoms with Crippen LogP contribution in [-0.2, 0) is 11.3 Å². The van der Waals surface area contributed by atoms with Gasteiger partial charge in [-0.25, -0.2) is 9.78 Å². The van der Waals surface area contributed by atoms with Crippen molar-refractivity contribution in [3.63, 3.8) is 0 Å². The number of nitrogens with zero attached hydrogens (tertiary/aromatic N) is 3. The molecule has 4 rings (SSSR count). The first-order valence-corrected chi connectivity index (χ1v) is 10.4. The number of hydrogen-bond donors (Lipinski definition) is 1. The number of carbonyl (C=O) groups is 1. The van der Waals surface area contributed by atoms with Gasteiger partial charge >= 0.3 is 6.09 Å². The second-order valence-electron chi connectivity index (χ2n) is 6.87. The Hall–Kier alpha value is -4.46. The molecule has 0 radical (unpaired) electrons. The van der Waals surface area contributed by atoms with Crippen LogP contribution in [-0.4, -0.2) is 27.7 Å². The van der Waals surface area contributed by atoms with Gasteiger partial charge in [0, 0.05) is 11.8 Å². The number of carbonyl (C=O) groups excluding carboxylic acids is 1. The molecule has 1 amide bonds. The van der Waals surface area contributed by atoms with Crippen molar-refractivity contribution in [2.75, 3.05) is 11.9 Å². The molecule has 8 heteroatoms. The highest BCUT2D eigenvalue weighted by Crippen LogP contribution is 2.32. The van der Waals surface area contributed by atoms with Gasteiger partial charge in [0.05, 0.1) is 30.9 Å². The third-order valence-electron chi connectivity index (χ3n) is 4.46. The van der Waals surface area contributed by atoms with Crippen LogP contribution in [0.2, 0.25) is 0 Å². The monoisotopic (exact) mass is 442 g/mol. The number of nitrogens with one attached hydrogen (secondary N) is 1. The number of amides is 1. The van der Waals surface area contributed by atoms with Crippen molar-refractivity contribution in [1.29, 1.82) is 0 Å². The fraction of sp³-hybridized carbons (Fsp3) is 0.120. The van der Waals surface area contributed by atoms with Crippen LogP contribution in [0.15, 0.2) is 85.5 Å². The first kappa shape index (κ1) is 21.8. The normalized spacial score (nSPS) is 10.3. The van der Waals surface area contributed by atoms with E-state index in [9.17, 15) is 4.79 Å². The highest BCUT2D eigenvalue weighted by Gasteiger charge is 2.10. The molecule has 2 aromatic carbocycles. The van der Waals surface area contributed by atoms with Crippen LogP contribution in [0.1, 0.15) is 12.5 Å². The average molecular weight is 442 g/mol. The van der Waals surface area contributed by atoms with Crippen LogP contribution in [0.3, 0.4) is 0 Å². The van der Waals surface area contributed by atoms with Crippen molar-refractivity contribution in [3.05, 3.63) is 91.0 Å². The van der Waals surface area contributed by atoms with E-state index >= 15 is 0 Å². The van der Waals surface area contributed by atoms with Crippen molar-refractivity contribution in [2.45, 2.75) is 13.5 Å². The number of ether oxygens (including phenoxy) is 3. The van der Waals surface area contributed by atoms with E-state index in [2.05, 4.69) is 20.3 Å². The lowest BCUT2D eigenvalue weighted by molar-refractivity contribution is 0.155. The summed E-state index contributed by atoms with van der Waals surface area (Å²) >= 11 is 0. The molecular formula is C25H22N4O4. The molecule has 0 spiro atoms. The zero-order valence-electron chi connectivity index (χ0n) is 18.0. The van der Waals surface area contributed by atoms with Crippen molar-refractivity contribution in [2.24, 2.45) is 0 Å². The van der Waals surface area contributed by atoms with Gasteiger partial charge < -0.3 is 14.2 Å². The highest BCUT2D eigenvalue weighted by molar-refractivity contribution is 5.83. The maximum atomic E-state index is 12.1. The molecule has 0 aliphatic carbocycles. The summed E-state index contributed by atoms with van der Waals surface area (Å²) in [6.45, 7) is 2.60. The molecule has 1 N–H and O–H groups in total. The Morgan fingerprint density at radius 1 is 0.909 bits per heavy atom. The predicted octanol–water partition coefficient (Wildman–Crippen LogP) is 5.48. The van der Waals surface area contributed by atoms with Crippen LogP contribution in [0, 0.1) is 0 Å². The maximum Gasteiger partial charge on any atom is 0.413 e. The lowest BCUT2D eigenvalue weighted by Gasteiger charge is -2.12. The summed E-state index contributed by atoms with van der Waals surface area (Å²) in [5.74, 6) is 2.01. The van der Waals surface area contributed by atoms with Crippen molar-refractivity contribution < 1.29 is 19.0 Å². The molecule has 0 saturated heterocycles. The van der Waals surface area contributed by atoms with E-state index in [1.807, 2.05) is 61.5 Å². The second kappa shape index (κ2) is 10.7. The number of anilines is 1. The summed E-state index contributed by atoms with van der Waals surface area (Å²) in [6, 6.07) is 18.6. The van der Waals surface area contributed by atoms with Crippen LogP contribution in [0.25, 0.3) is 11.3 Å². The van der Waals surface area contributed by atoms with Crippen molar-refractivity contribution in [3.8, 4) is 28.5 Å². The standard InChI is InChI=1S/C25H22N4O4/c1-2-31-22-10-6-7-11-23(22)33-20-12-19(13-26-14-20)21-15-27-16-24(28-21)29-25(30)32-17-18-8-4-3-5-9-18/h3-16H,2,17H2,1H3,(H,28,29,30). The largest absolute Gasteiger partial charge is 0.490 e. The van der Waals surface area contributed by atoms with Crippen molar-refractivity contribution >= 4 is 11.9 Å². The number of hydrogen-bond acceptors (Lipinski definition) is 7. The van der Waals surface area contributed by atoms with Gasteiger partial charge in [0.15, 0.2) is 17.3 Å². The fourth-order valence-corrected chi connectivity index (χ4v) is 2.98. The summed E-state index contributed by atoms with van der Waals surface area (Å²) in [5, 5.41) is 2.60. The Labute approximate surface area is 191 Å². The molecule has 0 fully saturated rings. The summed E-state index contributed by atoms with van der Waals surface area (Å²) in [6.07, 6.45) is 5.65. The summed E-state index contributed by atoms with van der Waals surface area (Å²) in [5.41, 5.74) is 2.09. The third kappa shape index (κ3) is 6.04. The quantitative estimate of drug-likeness (QED) is 0.386. The molecule has 33 heavy (non-hydrogen) atoms. The van der Waals surface area contributed by atoms with Gasteiger partial charge in [0.25, 0.3) is 0 Å². The van der Waals surface area contributed by atoms with E-state index in [-0.39, 0.29) is 12.4 Å². The highest BCUT2D eigenvalue weighted by atomic mass is 16.5. The van der Waals surface area contributed by atoms with E-state index in [4.69, 9.17) is 14.2 Å². The lowest BCUT2D eigenvalue weighted by atomic mass is 10.2. The Morgan fingerprint density at radius 2 is 1.67 bits per heavy atom. The molecule has 0 aliphatic heterocycles. The minimum absolute atomic E-state index is 0.159. The van der Waals surface area contributed by atoms with E-state index in [1.165, 1.54) is 6.20 Å². The first-order chi connectivity index (χ1) is 16.2. The number of benzene rings is 2. The second-order valence-corrected chi connectivity index (χ2v) is 6.87. The Morgan fingerprint density at radius 3 is 2.48 bits per heavy atom. The van der Waals surface area contributed by atoms with Gasteiger partial charge in [-0.05, 0) is 30.7 Å². The minimum atomic E-state index is -0.618. The van der Waals surface area contributed by atoms with Gasteiger partial charge in [-0.2, -0.15) is 0 Å². The molecule has 4 aromatic rings. The molecule has 0 atom stereocenters. The van der Waals surface area contributed by atoms with E-state index in [0.717, 1.165) is 5.56 Å². The minimum Gasteiger partial charge on any atom is -0.490 e. The van der Waals surface area contributed by atoms with Gasteiger partial charge in [0.1, 0.15) is 12.4 Å². The lowest BCUT2D eigenvalue weighted by Crippen LogP contribution is -2.14. The smallest absolute Gasteiger partial charge is 0.413 e. The zero-order valence-corrected chi connectivity index (χ0v) is 18.0. The molecular weight excluding hydrogens is 420 g/mol. The molecule has 0 aliphatic rings. The van der Waals surface area contributed by atoms with Gasteiger partial charge in [-0.1, -0.05) is 42.5 Å². The van der Waals surface area contributed by atoms with Crippen LogP contribution >= 0.6 is 0 Å². The van der Waals surface area contributed by atoms with E-state index < -0.39 is 6.09 Å². The van der Waals surface area contributed by atoms with Crippen LogP contribution in [0.4, 0.5) is 10.6 Å². The van der Waals surface area contributed by atoms with E-state index in [0.29, 0.717) is 35.1 Å². The van der Waals surface area contributed by atoms with Gasteiger partial charge in [0.2, 0.25) is 0 Å². The topological polar surface area (TPSA) is 95.5 Å². The number of pyridine rings is 1. The molecule has 0 saturated carbocycles. The SMILES string of the molecule is CCOc1ccccc1Oc1cncc(-c2cncc(NC(=O)OCc3ccccc3)n2)c1. The average Bonchev–Trinajstić information content (AvgIpc) is 2.85. The molecule has 166 valence electrons. The Bertz CT molecular complexity index is 1220. The number of para-hydroxylation sites is 2. The van der Waals surface area contributed by atoms with E-state index in [1.54, 1.807) is 24.7 Å². The molecule has 2 heterocycles.